The van der Waals surface area contributed by atoms with Gasteiger partial charge >= 0.3 is 0 Å². The van der Waals surface area contributed by atoms with Gasteiger partial charge in [0.15, 0.2) is 0 Å². The molecule has 3 heteroatoms. The van der Waals surface area contributed by atoms with Gasteiger partial charge in [0, 0.05) is 12.6 Å². The highest BCUT2D eigenvalue weighted by molar-refractivity contribution is 4.79. The number of hydrogen-bond donors (Lipinski definition) is 3. The molecule has 0 radical (unpaired) electrons. The van der Waals surface area contributed by atoms with E-state index in [0.717, 1.165) is 0 Å². The largest absolute Gasteiger partial charge is 0.395 e. The molecule has 0 spiro atoms. The Hall–Kier alpha value is -0.120. The molecule has 1 aliphatic heterocycles. The van der Waals surface area contributed by atoms with E-state index in [2.05, 4.69) is 10.4 Å². The van der Waals surface area contributed by atoms with Crippen molar-refractivity contribution in [1.29, 1.82) is 1.43 Å². The molecule has 48 valence electrons. The fourth-order valence-corrected chi connectivity index (χ4v) is 0.925. The van der Waals surface area contributed by atoms with Crippen LogP contribution < -0.4 is 5.32 Å². The van der Waals surface area contributed by atoms with E-state index in [4.69, 9.17) is 6.54 Å². The van der Waals surface area contributed by atoms with Crippen molar-refractivity contribution in [3.63, 3.8) is 0 Å². The summed E-state index contributed by atoms with van der Waals surface area (Å²) in [7, 11) is 0. The second-order valence-corrected chi connectivity index (χ2v) is 2.16. The van der Waals surface area contributed by atoms with Crippen LogP contribution in [0, 0.1) is 0 Å². The average molecular weight is 119 g/mol. The average Bonchev–Trinajstić information content (AvgIpc) is 2.17. The van der Waals surface area contributed by atoms with Crippen molar-refractivity contribution >= 4 is 0 Å². The first kappa shape index (κ1) is 4.73. The Bertz CT molecular complexity index is 89.0. The lowest BCUT2D eigenvalue weighted by molar-refractivity contribution is 0.184. The SMILES string of the molecule is [3H]OC[C@@H]1C[C@@H](O)CN1. The highest BCUT2D eigenvalue weighted by Crippen LogP contribution is 2.03. The predicted octanol–water partition coefficient (Wildman–Crippen LogP) is -1.30. The normalized spacial score (nSPS) is 39.9. The van der Waals surface area contributed by atoms with Crippen molar-refractivity contribution in [2.24, 2.45) is 0 Å². The number of rotatable bonds is 2. The minimum atomic E-state index is -0.245. The summed E-state index contributed by atoms with van der Waals surface area (Å²) < 4.78 is 6.41. The van der Waals surface area contributed by atoms with Crippen LogP contribution in [0.25, 0.3) is 0 Å². The fourth-order valence-electron chi connectivity index (χ4n) is 0.925. The zero-order chi connectivity index (χ0) is 6.69. The summed E-state index contributed by atoms with van der Waals surface area (Å²) in [6.07, 6.45) is 0.462. The predicted molar refractivity (Wildman–Crippen MR) is 29.5 cm³/mol. The maximum absolute atomic E-state index is 8.95. The molecule has 0 unspecified atom stereocenters. The number of hydrogen-bond acceptors (Lipinski definition) is 3. The Morgan fingerprint density at radius 2 is 2.75 bits per heavy atom. The Morgan fingerprint density at radius 1 is 1.88 bits per heavy atom. The third-order valence-electron chi connectivity index (χ3n) is 1.40. The first-order valence-electron chi connectivity index (χ1n) is 3.23. The first-order chi connectivity index (χ1) is 4.33. The molecule has 0 amide bonds. The molecule has 8 heavy (non-hydrogen) atoms. The van der Waals surface area contributed by atoms with Gasteiger partial charge in [-0.25, -0.2) is 0 Å². The molecule has 0 aromatic heterocycles. The minimum absolute atomic E-state index is 0.178. The molecule has 3 nitrogen and oxygen atoms in total. The quantitative estimate of drug-likeness (QED) is 0.423. The topological polar surface area (TPSA) is 52.5 Å². The first-order valence-corrected chi connectivity index (χ1v) is 2.82. The van der Waals surface area contributed by atoms with Gasteiger partial charge in [-0.15, -0.1) is 0 Å². The zero-order valence-corrected chi connectivity index (χ0v) is 4.63. The van der Waals surface area contributed by atoms with Crippen molar-refractivity contribution < 1.29 is 10.2 Å². The van der Waals surface area contributed by atoms with E-state index in [-0.39, 0.29) is 12.1 Å². The van der Waals surface area contributed by atoms with E-state index < -0.39 is 0 Å². The molecule has 0 bridgehead atoms. The lowest BCUT2D eigenvalue weighted by atomic mass is 10.2. The molecule has 1 aliphatic rings. The van der Waals surface area contributed by atoms with Gasteiger partial charge < -0.3 is 15.5 Å². The molecule has 0 aromatic carbocycles. The molecular weight excluding hydrogens is 106 g/mol. The van der Waals surface area contributed by atoms with Gasteiger partial charge in [0.1, 0.15) is 0 Å². The van der Waals surface area contributed by atoms with Crippen LogP contribution in [0.3, 0.4) is 0 Å². The van der Waals surface area contributed by atoms with Crippen molar-refractivity contribution in [2.45, 2.75) is 18.6 Å². The van der Waals surface area contributed by atoms with E-state index >= 15 is 0 Å². The van der Waals surface area contributed by atoms with E-state index in [1.165, 1.54) is 0 Å². The summed E-state index contributed by atoms with van der Waals surface area (Å²) >= 11 is 0. The lowest BCUT2D eigenvalue weighted by Crippen LogP contribution is -2.24. The summed E-state index contributed by atoms with van der Waals surface area (Å²) in [5.74, 6) is 0. The summed E-state index contributed by atoms with van der Waals surface area (Å²) in [5.41, 5.74) is 0. The van der Waals surface area contributed by atoms with Gasteiger partial charge in [-0.2, -0.15) is 0 Å². The monoisotopic (exact) mass is 119 g/mol. The Kier molecular flexibility index (Phi) is 1.44. The molecule has 0 aliphatic carbocycles. The molecule has 1 rings (SSSR count). The van der Waals surface area contributed by atoms with Gasteiger partial charge in [-0.1, -0.05) is 0 Å². The van der Waals surface area contributed by atoms with Crippen molar-refractivity contribution in [3.05, 3.63) is 0 Å². The van der Waals surface area contributed by atoms with E-state index in [0.29, 0.717) is 19.6 Å². The molecule has 3 N–H and O–H groups in total. The standard InChI is InChI=1S/C5H11NO2/c7-3-4-1-5(8)2-6-4/h4-8H,1-3H2/t4-,5+/m0/s1/i7T. The van der Waals surface area contributed by atoms with Gasteiger partial charge in [-0.3, -0.25) is 0 Å². The van der Waals surface area contributed by atoms with Crippen LogP contribution in [0.15, 0.2) is 0 Å². The van der Waals surface area contributed by atoms with Crippen LogP contribution >= 0.6 is 0 Å². The molecule has 2 atom stereocenters. The third kappa shape index (κ3) is 1.18. The second-order valence-electron chi connectivity index (χ2n) is 2.16. The van der Waals surface area contributed by atoms with E-state index in [1.807, 2.05) is 0 Å². The van der Waals surface area contributed by atoms with Crippen molar-refractivity contribution in [1.82, 2.24) is 5.32 Å². The third-order valence-corrected chi connectivity index (χ3v) is 1.40. The van der Waals surface area contributed by atoms with Gasteiger partial charge in [0.2, 0.25) is 1.43 Å². The van der Waals surface area contributed by atoms with E-state index in [1.54, 1.807) is 0 Å². The number of nitrogens with one attached hydrogen (secondary N) is 1. The summed E-state index contributed by atoms with van der Waals surface area (Å²) in [5, 5.41) is 16.1. The lowest BCUT2D eigenvalue weighted by Gasteiger charge is -2.01. The molecule has 1 saturated heterocycles. The van der Waals surface area contributed by atoms with Crippen molar-refractivity contribution in [3.8, 4) is 0 Å². The van der Waals surface area contributed by atoms with Gasteiger partial charge in [0.05, 0.1) is 12.7 Å². The maximum Gasteiger partial charge on any atom is 0.210 e. The van der Waals surface area contributed by atoms with Crippen LogP contribution in [0.5, 0.6) is 0 Å². The van der Waals surface area contributed by atoms with Crippen LogP contribution in [0.2, 0.25) is 0 Å². The highest BCUT2D eigenvalue weighted by Gasteiger charge is 2.20. The second kappa shape index (κ2) is 2.44. The van der Waals surface area contributed by atoms with Gasteiger partial charge in [-0.05, 0) is 6.42 Å². The Labute approximate surface area is 49.8 Å². The molecule has 0 saturated carbocycles. The Balaban J connectivity index is 2.14. The molecule has 0 aromatic rings. The van der Waals surface area contributed by atoms with Crippen LogP contribution in [0.1, 0.15) is 6.42 Å². The molecular formula is C5H11NO2. The summed E-state index contributed by atoms with van der Waals surface area (Å²) in [6, 6.07) is 0.178. The van der Waals surface area contributed by atoms with Gasteiger partial charge in [0.25, 0.3) is 0 Å². The fraction of sp³-hybridized carbons (Fsp3) is 1.00. The zero-order valence-electron chi connectivity index (χ0n) is 5.63. The van der Waals surface area contributed by atoms with Crippen molar-refractivity contribution in [2.75, 3.05) is 13.2 Å². The summed E-state index contributed by atoms with van der Waals surface area (Å²) in [4.78, 5) is 0. The maximum atomic E-state index is 8.95. The van der Waals surface area contributed by atoms with Crippen LogP contribution in [-0.2, 0) is 0 Å². The minimum Gasteiger partial charge on any atom is -0.395 e. The van der Waals surface area contributed by atoms with Crippen LogP contribution in [0.4, 0.5) is 0 Å². The number of β-amino-alcohol motifs (C(OH)–C–C–N with tert-alkyl or cyclic N) is 1. The number of aliphatic hydroxyl groups excluding tert-OH is 2. The van der Waals surface area contributed by atoms with Crippen LogP contribution in [-0.4, -0.2) is 36.9 Å². The number of aliphatic hydroxyl groups is 2. The molecule has 1 fully saturated rings. The van der Waals surface area contributed by atoms with E-state index in [9.17, 15) is 0 Å². The summed E-state index contributed by atoms with van der Waals surface area (Å²) in [6.45, 7) is 1.01. The smallest absolute Gasteiger partial charge is 0.210 e. The highest BCUT2D eigenvalue weighted by atomic mass is 16.3. The Morgan fingerprint density at radius 3 is 3.25 bits per heavy atom. The molecule has 1 heterocycles.